The number of aromatic nitrogens is 3. The fraction of sp³-hybridized carbons (Fsp3) is 0. The van der Waals surface area contributed by atoms with Gasteiger partial charge in [-0.05, 0) is 48.5 Å². The van der Waals surface area contributed by atoms with E-state index in [4.69, 9.17) is 9.97 Å². The molecule has 0 fully saturated rings. The molecule has 6 aromatic carbocycles. The van der Waals surface area contributed by atoms with Crippen LogP contribution in [0.25, 0.3) is 61.0 Å². The summed E-state index contributed by atoms with van der Waals surface area (Å²) in [5.41, 5.74) is 9.01. The minimum atomic E-state index is 0.683. The first-order valence-electron chi connectivity index (χ1n) is 14.4. The van der Waals surface area contributed by atoms with Crippen molar-refractivity contribution in [1.82, 2.24) is 14.5 Å². The molecule has 0 spiro atoms. The van der Waals surface area contributed by atoms with Gasteiger partial charge in [-0.15, -0.1) is 0 Å². The zero-order chi connectivity index (χ0) is 28.6. The summed E-state index contributed by atoms with van der Waals surface area (Å²) in [7, 11) is 0. The Balaban J connectivity index is 1.40. The van der Waals surface area contributed by atoms with E-state index >= 15 is 0 Å². The molecular formula is C40H25N3. The first-order valence-corrected chi connectivity index (χ1v) is 14.4. The molecule has 0 saturated heterocycles. The van der Waals surface area contributed by atoms with Gasteiger partial charge >= 0.3 is 0 Å². The Morgan fingerprint density at radius 2 is 1.07 bits per heavy atom. The van der Waals surface area contributed by atoms with Crippen molar-refractivity contribution in [3.05, 3.63) is 163 Å². The molecule has 43 heavy (non-hydrogen) atoms. The van der Waals surface area contributed by atoms with Gasteiger partial charge in [-0.25, -0.2) is 9.97 Å². The van der Waals surface area contributed by atoms with Crippen LogP contribution in [0.4, 0.5) is 0 Å². The fourth-order valence-corrected chi connectivity index (χ4v) is 5.83. The highest BCUT2D eigenvalue weighted by molar-refractivity contribution is 6.09. The highest BCUT2D eigenvalue weighted by Crippen LogP contribution is 2.35. The summed E-state index contributed by atoms with van der Waals surface area (Å²) in [6, 6.07) is 52.1. The first kappa shape index (κ1) is 24.8. The van der Waals surface area contributed by atoms with Crippen LogP contribution in [0.2, 0.25) is 0 Å². The Morgan fingerprint density at radius 1 is 0.465 bits per heavy atom. The van der Waals surface area contributed by atoms with Crippen LogP contribution in [0.5, 0.6) is 0 Å². The normalized spacial score (nSPS) is 11.1. The molecule has 0 bridgehead atoms. The molecular weight excluding hydrogens is 522 g/mol. The quantitative estimate of drug-likeness (QED) is 0.206. The van der Waals surface area contributed by atoms with E-state index in [1.807, 2.05) is 60.7 Å². The van der Waals surface area contributed by atoms with Gasteiger partial charge in [0.05, 0.1) is 27.9 Å². The predicted octanol–water partition coefficient (Wildman–Crippen LogP) is 9.46. The molecule has 0 amide bonds. The highest BCUT2D eigenvalue weighted by atomic mass is 15.0. The second-order valence-corrected chi connectivity index (χ2v) is 10.5. The first-order chi connectivity index (χ1) is 21.3. The van der Waals surface area contributed by atoms with Crippen molar-refractivity contribution in [2.75, 3.05) is 0 Å². The minimum Gasteiger partial charge on any atom is -0.308 e. The lowest BCUT2D eigenvalue weighted by atomic mass is 10.0. The summed E-state index contributed by atoms with van der Waals surface area (Å²) >= 11 is 0. The summed E-state index contributed by atoms with van der Waals surface area (Å²) in [5.74, 6) is 7.54. The third-order valence-electron chi connectivity index (χ3n) is 7.84. The molecule has 0 radical (unpaired) electrons. The van der Waals surface area contributed by atoms with Crippen LogP contribution < -0.4 is 0 Å². The van der Waals surface area contributed by atoms with E-state index in [2.05, 4.69) is 107 Å². The minimum absolute atomic E-state index is 0.683. The van der Waals surface area contributed by atoms with Gasteiger partial charge in [-0.2, -0.15) is 0 Å². The molecule has 3 nitrogen and oxygen atoms in total. The van der Waals surface area contributed by atoms with Gasteiger partial charge in [0.25, 0.3) is 0 Å². The molecule has 200 valence electrons. The molecule has 2 heterocycles. The summed E-state index contributed by atoms with van der Waals surface area (Å²) in [4.78, 5) is 10.2. The molecule has 0 unspecified atom stereocenters. The Kier molecular flexibility index (Phi) is 6.02. The number of hydrogen-bond acceptors (Lipinski definition) is 2. The largest absolute Gasteiger partial charge is 0.308 e. The topological polar surface area (TPSA) is 30.7 Å². The van der Waals surface area contributed by atoms with E-state index in [9.17, 15) is 0 Å². The second-order valence-electron chi connectivity index (χ2n) is 10.5. The second kappa shape index (κ2) is 10.4. The Hall–Kier alpha value is -5.98. The molecule has 8 aromatic rings. The maximum absolute atomic E-state index is 5.16. The van der Waals surface area contributed by atoms with Crippen molar-refractivity contribution >= 4 is 32.7 Å². The molecule has 0 saturated carbocycles. The van der Waals surface area contributed by atoms with Gasteiger partial charge in [0.15, 0.2) is 5.82 Å². The monoisotopic (exact) mass is 547 g/mol. The summed E-state index contributed by atoms with van der Waals surface area (Å²) in [6.45, 7) is 0. The SMILES string of the molecule is C(#Cc1ccc(-c2nc(-c3ccccc3)c3ccccc3n2)cc1-n1c2ccccc2c2ccccc21)c1ccccc1. The molecule has 0 atom stereocenters. The van der Waals surface area contributed by atoms with E-state index in [0.717, 1.165) is 55.6 Å². The van der Waals surface area contributed by atoms with Gasteiger partial charge < -0.3 is 4.57 Å². The average Bonchev–Trinajstić information content (AvgIpc) is 3.42. The van der Waals surface area contributed by atoms with E-state index in [0.29, 0.717) is 5.82 Å². The Labute approximate surface area is 249 Å². The van der Waals surface area contributed by atoms with Crippen molar-refractivity contribution in [2.45, 2.75) is 0 Å². The van der Waals surface area contributed by atoms with Crippen LogP contribution in [-0.4, -0.2) is 14.5 Å². The molecule has 8 rings (SSSR count). The van der Waals surface area contributed by atoms with Gasteiger partial charge in [0, 0.05) is 38.4 Å². The van der Waals surface area contributed by atoms with E-state index in [-0.39, 0.29) is 0 Å². The lowest BCUT2D eigenvalue weighted by Gasteiger charge is -2.14. The number of para-hydroxylation sites is 3. The van der Waals surface area contributed by atoms with Crippen LogP contribution >= 0.6 is 0 Å². The third-order valence-corrected chi connectivity index (χ3v) is 7.84. The lowest BCUT2D eigenvalue weighted by Crippen LogP contribution is -2.00. The lowest BCUT2D eigenvalue weighted by molar-refractivity contribution is 1.16. The fourth-order valence-electron chi connectivity index (χ4n) is 5.83. The molecule has 0 N–H and O–H groups in total. The predicted molar refractivity (Wildman–Crippen MR) is 177 cm³/mol. The van der Waals surface area contributed by atoms with E-state index in [1.165, 1.54) is 10.8 Å². The molecule has 0 aliphatic heterocycles. The molecule has 3 heteroatoms. The van der Waals surface area contributed by atoms with Crippen LogP contribution in [0.15, 0.2) is 152 Å². The molecule has 2 aromatic heterocycles. The van der Waals surface area contributed by atoms with Crippen LogP contribution in [0, 0.1) is 11.8 Å². The van der Waals surface area contributed by atoms with Crippen LogP contribution in [-0.2, 0) is 0 Å². The zero-order valence-corrected chi connectivity index (χ0v) is 23.3. The molecule has 0 aliphatic rings. The Morgan fingerprint density at radius 3 is 1.79 bits per heavy atom. The van der Waals surface area contributed by atoms with Crippen molar-refractivity contribution < 1.29 is 0 Å². The number of hydrogen-bond donors (Lipinski definition) is 0. The van der Waals surface area contributed by atoms with Gasteiger partial charge in [-0.3, -0.25) is 0 Å². The zero-order valence-electron chi connectivity index (χ0n) is 23.3. The highest BCUT2D eigenvalue weighted by Gasteiger charge is 2.17. The Bertz CT molecular complexity index is 2290. The van der Waals surface area contributed by atoms with Crippen molar-refractivity contribution in [2.24, 2.45) is 0 Å². The number of fused-ring (bicyclic) bond motifs is 4. The number of benzene rings is 6. The van der Waals surface area contributed by atoms with Crippen molar-refractivity contribution in [3.8, 4) is 40.2 Å². The standard InChI is InChI=1S/C40H25N3/c1-3-13-28(14-4-1)23-24-29-25-26-31(27-38(29)43-36-21-11-8-17-32(36)33-18-9-12-22-37(33)43)40-41-35-20-10-7-19-34(35)39(42-40)30-15-5-2-6-16-30/h1-22,25-27H. The number of nitrogens with zero attached hydrogens (tertiary/aromatic N) is 3. The average molecular weight is 548 g/mol. The van der Waals surface area contributed by atoms with Gasteiger partial charge in [0.1, 0.15) is 0 Å². The maximum atomic E-state index is 5.16. The van der Waals surface area contributed by atoms with Crippen molar-refractivity contribution in [3.63, 3.8) is 0 Å². The molecule has 0 aliphatic carbocycles. The van der Waals surface area contributed by atoms with E-state index < -0.39 is 0 Å². The van der Waals surface area contributed by atoms with E-state index in [1.54, 1.807) is 0 Å². The van der Waals surface area contributed by atoms with Crippen LogP contribution in [0.1, 0.15) is 11.1 Å². The third kappa shape index (κ3) is 4.43. The van der Waals surface area contributed by atoms with Gasteiger partial charge in [0.2, 0.25) is 0 Å². The smallest absolute Gasteiger partial charge is 0.160 e. The summed E-state index contributed by atoms with van der Waals surface area (Å²) in [5, 5.41) is 3.45. The van der Waals surface area contributed by atoms with Crippen LogP contribution in [0.3, 0.4) is 0 Å². The van der Waals surface area contributed by atoms with Crippen molar-refractivity contribution in [1.29, 1.82) is 0 Å². The maximum Gasteiger partial charge on any atom is 0.160 e. The summed E-state index contributed by atoms with van der Waals surface area (Å²) in [6.07, 6.45) is 0. The van der Waals surface area contributed by atoms with Gasteiger partial charge in [-0.1, -0.05) is 115 Å². The number of rotatable bonds is 3. The summed E-state index contributed by atoms with van der Waals surface area (Å²) < 4.78 is 2.32.